The van der Waals surface area contributed by atoms with Gasteiger partial charge in [-0.05, 0) is 47.2 Å². The molecule has 0 atom stereocenters. The zero-order valence-corrected chi connectivity index (χ0v) is 18.4. The Bertz CT molecular complexity index is 1560. The molecule has 4 aromatic carbocycles. The summed E-state index contributed by atoms with van der Waals surface area (Å²) in [5, 5.41) is 24.3. The monoisotopic (exact) mass is 458 g/mol. The van der Waals surface area contributed by atoms with Gasteiger partial charge in [-0.15, -0.1) is 0 Å². The van der Waals surface area contributed by atoms with E-state index in [-0.39, 0.29) is 11.6 Å². The van der Waals surface area contributed by atoms with Crippen LogP contribution in [0.5, 0.6) is 0 Å². The number of hydrazine groups is 1. The Balaban J connectivity index is 1.63. The number of anilines is 2. The highest BCUT2D eigenvalue weighted by molar-refractivity contribution is 5.87. The second kappa shape index (κ2) is 9.29. The molecule has 1 aromatic heterocycles. The van der Waals surface area contributed by atoms with Crippen LogP contribution >= 0.6 is 0 Å². The SMILES string of the molecule is N#CN(Nc1ccccc1)c1nc(-c2ccc([N+](=O)[O-])cc2)cc(-c2ccc3ccccc3c2)n1. The number of para-hydroxylation sites is 1. The van der Waals surface area contributed by atoms with Crippen LogP contribution in [0, 0.1) is 21.6 Å². The van der Waals surface area contributed by atoms with E-state index in [2.05, 4.69) is 21.6 Å². The Morgan fingerprint density at radius 1 is 0.771 bits per heavy atom. The molecule has 0 saturated heterocycles. The van der Waals surface area contributed by atoms with Crippen LogP contribution < -0.4 is 10.4 Å². The molecule has 0 spiro atoms. The van der Waals surface area contributed by atoms with E-state index >= 15 is 0 Å². The van der Waals surface area contributed by atoms with Gasteiger partial charge in [-0.1, -0.05) is 54.6 Å². The fraction of sp³-hybridized carbons (Fsp3) is 0. The Hall–Kier alpha value is -5.29. The number of nitriles is 1. The molecular weight excluding hydrogens is 440 g/mol. The first-order chi connectivity index (χ1) is 17.1. The minimum Gasteiger partial charge on any atom is -0.282 e. The van der Waals surface area contributed by atoms with Crippen LogP contribution in [0.4, 0.5) is 17.3 Å². The molecule has 0 radical (unpaired) electrons. The average Bonchev–Trinajstić information content (AvgIpc) is 2.91. The van der Waals surface area contributed by atoms with Crippen molar-refractivity contribution in [3.8, 4) is 28.7 Å². The highest BCUT2D eigenvalue weighted by atomic mass is 16.6. The minimum atomic E-state index is -0.448. The second-order valence-electron chi connectivity index (χ2n) is 7.72. The lowest BCUT2D eigenvalue weighted by Crippen LogP contribution is -2.26. The molecule has 0 aliphatic rings. The summed E-state index contributed by atoms with van der Waals surface area (Å²) in [6, 6.07) is 31.2. The fourth-order valence-electron chi connectivity index (χ4n) is 3.69. The molecule has 8 heteroatoms. The van der Waals surface area contributed by atoms with Crippen molar-refractivity contribution in [1.82, 2.24) is 9.97 Å². The highest BCUT2D eigenvalue weighted by Gasteiger charge is 2.16. The highest BCUT2D eigenvalue weighted by Crippen LogP contribution is 2.29. The maximum absolute atomic E-state index is 11.1. The molecule has 1 heterocycles. The molecule has 5 aromatic rings. The predicted molar refractivity (Wildman–Crippen MR) is 135 cm³/mol. The third-order valence-corrected chi connectivity index (χ3v) is 5.45. The number of benzene rings is 4. The fourth-order valence-corrected chi connectivity index (χ4v) is 3.69. The summed E-state index contributed by atoms with van der Waals surface area (Å²) >= 11 is 0. The van der Waals surface area contributed by atoms with Crippen LogP contribution in [0.2, 0.25) is 0 Å². The van der Waals surface area contributed by atoms with Crippen LogP contribution in [0.1, 0.15) is 0 Å². The average molecular weight is 458 g/mol. The van der Waals surface area contributed by atoms with Crippen LogP contribution in [0.15, 0.2) is 103 Å². The molecule has 0 fully saturated rings. The summed E-state index contributed by atoms with van der Waals surface area (Å²) < 4.78 is 0. The van der Waals surface area contributed by atoms with E-state index in [9.17, 15) is 15.4 Å². The Kier molecular flexibility index (Phi) is 5.72. The number of non-ortho nitro benzene ring substituents is 1. The van der Waals surface area contributed by atoms with E-state index in [1.165, 1.54) is 17.1 Å². The lowest BCUT2D eigenvalue weighted by Gasteiger charge is -2.18. The standard InChI is InChI=1S/C27H18N6O2/c28-18-32(31-23-8-2-1-3-9-23)27-29-25(20-12-14-24(15-13-20)33(34)35)17-26(30-27)22-11-10-19-6-4-5-7-21(19)16-22/h1-17,31H. The summed E-state index contributed by atoms with van der Waals surface area (Å²) in [5.41, 5.74) is 6.37. The molecular formula is C27H18N6O2. The zero-order valence-electron chi connectivity index (χ0n) is 18.4. The number of nitro groups is 1. The van der Waals surface area contributed by atoms with E-state index in [1.807, 2.05) is 78.9 Å². The van der Waals surface area contributed by atoms with Gasteiger partial charge in [0.15, 0.2) is 0 Å². The van der Waals surface area contributed by atoms with Crippen LogP contribution in [0.25, 0.3) is 33.3 Å². The molecule has 0 unspecified atom stereocenters. The molecule has 0 aliphatic heterocycles. The van der Waals surface area contributed by atoms with Gasteiger partial charge < -0.3 is 0 Å². The summed E-state index contributed by atoms with van der Waals surface area (Å²) in [4.78, 5) is 19.9. The number of hydrogen-bond donors (Lipinski definition) is 1. The van der Waals surface area contributed by atoms with Crippen molar-refractivity contribution in [3.63, 3.8) is 0 Å². The van der Waals surface area contributed by atoms with Gasteiger partial charge in [0.25, 0.3) is 11.6 Å². The van der Waals surface area contributed by atoms with Gasteiger partial charge >= 0.3 is 0 Å². The summed E-state index contributed by atoms with van der Waals surface area (Å²) in [7, 11) is 0. The number of aromatic nitrogens is 2. The van der Waals surface area contributed by atoms with E-state index < -0.39 is 4.92 Å². The smallest absolute Gasteiger partial charge is 0.269 e. The van der Waals surface area contributed by atoms with Crippen LogP contribution in [-0.4, -0.2) is 14.9 Å². The molecule has 0 bridgehead atoms. The summed E-state index contributed by atoms with van der Waals surface area (Å²) in [6.07, 6.45) is 2.09. The van der Waals surface area contributed by atoms with Crippen LogP contribution in [-0.2, 0) is 0 Å². The van der Waals surface area contributed by atoms with Gasteiger partial charge in [-0.25, -0.2) is 9.97 Å². The molecule has 5 rings (SSSR count). The van der Waals surface area contributed by atoms with Crippen molar-refractivity contribution < 1.29 is 4.92 Å². The van der Waals surface area contributed by atoms with E-state index in [0.29, 0.717) is 22.6 Å². The summed E-state index contributed by atoms with van der Waals surface area (Å²) in [5.74, 6) is 0.148. The quantitative estimate of drug-likeness (QED) is 0.140. The number of fused-ring (bicyclic) bond motifs is 1. The number of hydrogen-bond acceptors (Lipinski definition) is 7. The van der Waals surface area contributed by atoms with Crippen molar-refractivity contribution >= 4 is 28.1 Å². The molecule has 168 valence electrons. The van der Waals surface area contributed by atoms with Gasteiger partial charge in [0.2, 0.25) is 6.19 Å². The maximum Gasteiger partial charge on any atom is 0.269 e. The van der Waals surface area contributed by atoms with Crippen molar-refractivity contribution in [3.05, 3.63) is 113 Å². The lowest BCUT2D eigenvalue weighted by atomic mass is 10.0. The van der Waals surface area contributed by atoms with E-state index in [1.54, 1.807) is 12.1 Å². The topological polar surface area (TPSA) is 108 Å². The van der Waals surface area contributed by atoms with Crippen LogP contribution in [0.3, 0.4) is 0 Å². The van der Waals surface area contributed by atoms with Crippen molar-refractivity contribution in [1.29, 1.82) is 5.26 Å². The molecule has 0 amide bonds. The largest absolute Gasteiger partial charge is 0.282 e. The molecule has 1 N–H and O–H groups in total. The van der Waals surface area contributed by atoms with E-state index in [4.69, 9.17) is 0 Å². The van der Waals surface area contributed by atoms with Gasteiger partial charge in [-0.3, -0.25) is 15.5 Å². The number of nitro benzene ring substituents is 1. The van der Waals surface area contributed by atoms with E-state index in [0.717, 1.165) is 16.3 Å². The molecule has 0 aliphatic carbocycles. The third-order valence-electron chi connectivity index (χ3n) is 5.45. The third kappa shape index (κ3) is 4.60. The lowest BCUT2D eigenvalue weighted by molar-refractivity contribution is -0.384. The summed E-state index contributed by atoms with van der Waals surface area (Å²) in [6.45, 7) is 0. The molecule has 35 heavy (non-hydrogen) atoms. The van der Waals surface area contributed by atoms with Gasteiger partial charge in [0.05, 0.1) is 22.0 Å². The van der Waals surface area contributed by atoms with Gasteiger partial charge in [0.1, 0.15) is 0 Å². The Morgan fingerprint density at radius 2 is 1.40 bits per heavy atom. The molecule has 0 saturated carbocycles. The second-order valence-corrected chi connectivity index (χ2v) is 7.72. The first-order valence-electron chi connectivity index (χ1n) is 10.8. The first-order valence-corrected chi connectivity index (χ1v) is 10.8. The van der Waals surface area contributed by atoms with Gasteiger partial charge in [0, 0.05) is 23.3 Å². The normalized spacial score (nSPS) is 10.5. The number of nitrogens with zero attached hydrogens (tertiary/aromatic N) is 5. The Labute approximate surface area is 200 Å². The Morgan fingerprint density at radius 3 is 2.09 bits per heavy atom. The van der Waals surface area contributed by atoms with Crippen molar-refractivity contribution in [2.45, 2.75) is 0 Å². The minimum absolute atomic E-state index is 0.0119. The van der Waals surface area contributed by atoms with Gasteiger partial charge in [-0.2, -0.15) is 10.3 Å². The maximum atomic E-state index is 11.1. The number of rotatable bonds is 6. The van der Waals surface area contributed by atoms with Crippen molar-refractivity contribution in [2.75, 3.05) is 10.4 Å². The first kappa shape index (κ1) is 21.6. The predicted octanol–water partition coefficient (Wildman–Crippen LogP) is 6.19. The number of nitrogens with one attached hydrogen (secondary N) is 1. The zero-order chi connectivity index (χ0) is 24.2. The molecule has 8 nitrogen and oxygen atoms in total. The van der Waals surface area contributed by atoms with Crippen molar-refractivity contribution in [2.24, 2.45) is 0 Å².